The summed E-state index contributed by atoms with van der Waals surface area (Å²) in [5, 5.41) is 12.5. The Morgan fingerprint density at radius 3 is 2.56 bits per heavy atom. The average molecular weight is 315 g/mol. The summed E-state index contributed by atoms with van der Waals surface area (Å²) in [5.41, 5.74) is 2.42. The number of rotatable bonds is 6. The standard InChI is InChI=1S/C14H23BrN2O/c1-10(18)7-8-17(4)14-6-5-12(9-13(14)15)11(2)16-3/h5-6,9-11,16,18H,7-8H2,1-4H3. The van der Waals surface area contributed by atoms with Crippen molar-refractivity contribution in [1.29, 1.82) is 0 Å². The van der Waals surface area contributed by atoms with Gasteiger partial charge < -0.3 is 15.3 Å². The number of halogens is 1. The van der Waals surface area contributed by atoms with Gasteiger partial charge in [0.15, 0.2) is 0 Å². The number of hydrogen-bond acceptors (Lipinski definition) is 3. The SMILES string of the molecule is CNC(C)c1ccc(N(C)CCC(C)O)c(Br)c1. The third kappa shape index (κ3) is 4.26. The summed E-state index contributed by atoms with van der Waals surface area (Å²) in [6.07, 6.45) is 0.521. The monoisotopic (exact) mass is 314 g/mol. The molecular formula is C14H23BrN2O. The number of nitrogens with one attached hydrogen (secondary N) is 1. The molecule has 0 fully saturated rings. The molecule has 0 aromatic heterocycles. The molecule has 1 aromatic carbocycles. The molecule has 2 N–H and O–H groups in total. The Balaban J connectivity index is 2.78. The first-order valence-electron chi connectivity index (χ1n) is 6.31. The second kappa shape index (κ2) is 7.12. The minimum Gasteiger partial charge on any atom is -0.393 e. The zero-order valence-corrected chi connectivity index (χ0v) is 13.2. The molecule has 0 aliphatic rings. The Morgan fingerprint density at radius 1 is 1.39 bits per heavy atom. The number of nitrogens with zero attached hydrogens (tertiary/aromatic N) is 1. The van der Waals surface area contributed by atoms with Gasteiger partial charge in [0.05, 0.1) is 11.8 Å². The molecule has 0 saturated carbocycles. The summed E-state index contributed by atoms with van der Waals surface area (Å²) in [4.78, 5) is 2.16. The van der Waals surface area contributed by atoms with E-state index in [1.54, 1.807) is 0 Å². The Labute approximate surface area is 118 Å². The fourth-order valence-electron chi connectivity index (χ4n) is 1.77. The molecule has 0 heterocycles. The maximum absolute atomic E-state index is 9.32. The topological polar surface area (TPSA) is 35.5 Å². The van der Waals surface area contributed by atoms with E-state index in [4.69, 9.17) is 0 Å². The molecule has 0 spiro atoms. The molecule has 18 heavy (non-hydrogen) atoms. The molecule has 3 nitrogen and oxygen atoms in total. The van der Waals surface area contributed by atoms with E-state index in [-0.39, 0.29) is 6.10 Å². The van der Waals surface area contributed by atoms with Gasteiger partial charge in [-0.1, -0.05) is 6.07 Å². The first-order chi connectivity index (χ1) is 8.45. The third-order valence-electron chi connectivity index (χ3n) is 3.20. The first-order valence-corrected chi connectivity index (χ1v) is 7.11. The van der Waals surface area contributed by atoms with Crippen LogP contribution in [0.25, 0.3) is 0 Å². The second-order valence-electron chi connectivity index (χ2n) is 4.78. The first kappa shape index (κ1) is 15.5. The van der Waals surface area contributed by atoms with Crippen LogP contribution in [0.3, 0.4) is 0 Å². The van der Waals surface area contributed by atoms with Crippen molar-refractivity contribution in [2.45, 2.75) is 32.4 Å². The van der Waals surface area contributed by atoms with E-state index in [0.717, 1.165) is 23.1 Å². The second-order valence-corrected chi connectivity index (χ2v) is 5.63. The van der Waals surface area contributed by atoms with E-state index in [1.807, 2.05) is 21.0 Å². The highest BCUT2D eigenvalue weighted by molar-refractivity contribution is 9.10. The maximum Gasteiger partial charge on any atom is 0.0528 e. The van der Waals surface area contributed by atoms with E-state index in [0.29, 0.717) is 6.04 Å². The molecule has 4 heteroatoms. The van der Waals surface area contributed by atoms with E-state index in [9.17, 15) is 5.11 Å². The molecule has 1 aromatic rings. The largest absolute Gasteiger partial charge is 0.393 e. The predicted octanol–water partition coefficient (Wildman–Crippen LogP) is 2.94. The molecule has 0 amide bonds. The molecule has 0 saturated heterocycles. The fourth-order valence-corrected chi connectivity index (χ4v) is 2.47. The van der Waals surface area contributed by atoms with Crippen molar-refractivity contribution >= 4 is 21.6 Å². The summed E-state index contributed by atoms with van der Waals surface area (Å²) >= 11 is 3.62. The van der Waals surface area contributed by atoms with Gasteiger partial charge >= 0.3 is 0 Å². The predicted molar refractivity (Wildman–Crippen MR) is 81.2 cm³/mol. The van der Waals surface area contributed by atoms with Crippen molar-refractivity contribution in [3.05, 3.63) is 28.2 Å². The van der Waals surface area contributed by atoms with Crippen LogP contribution in [-0.4, -0.2) is 31.9 Å². The zero-order valence-electron chi connectivity index (χ0n) is 11.6. The Bertz CT molecular complexity index is 382. The van der Waals surface area contributed by atoms with Crippen molar-refractivity contribution in [2.24, 2.45) is 0 Å². The minimum atomic E-state index is -0.255. The average Bonchev–Trinajstić information content (AvgIpc) is 2.34. The highest BCUT2D eigenvalue weighted by atomic mass is 79.9. The highest BCUT2D eigenvalue weighted by Crippen LogP contribution is 2.28. The van der Waals surface area contributed by atoms with Crippen LogP contribution < -0.4 is 10.2 Å². The van der Waals surface area contributed by atoms with Crippen LogP contribution in [0.4, 0.5) is 5.69 Å². The number of aliphatic hydroxyl groups is 1. The van der Waals surface area contributed by atoms with Gasteiger partial charge in [0, 0.05) is 24.1 Å². The van der Waals surface area contributed by atoms with Gasteiger partial charge in [0.25, 0.3) is 0 Å². The van der Waals surface area contributed by atoms with E-state index >= 15 is 0 Å². The lowest BCUT2D eigenvalue weighted by Gasteiger charge is -2.22. The lowest BCUT2D eigenvalue weighted by atomic mass is 10.1. The Hall–Kier alpha value is -0.580. The summed E-state index contributed by atoms with van der Waals surface area (Å²) in [7, 11) is 4.00. The summed E-state index contributed by atoms with van der Waals surface area (Å²) in [6, 6.07) is 6.75. The Morgan fingerprint density at radius 2 is 2.06 bits per heavy atom. The van der Waals surface area contributed by atoms with Gasteiger partial charge in [-0.25, -0.2) is 0 Å². The normalized spacial score (nSPS) is 14.3. The van der Waals surface area contributed by atoms with E-state index in [2.05, 4.69) is 51.3 Å². The van der Waals surface area contributed by atoms with Crippen LogP contribution in [0.15, 0.2) is 22.7 Å². The minimum absolute atomic E-state index is 0.255. The van der Waals surface area contributed by atoms with E-state index < -0.39 is 0 Å². The molecule has 0 bridgehead atoms. The summed E-state index contributed by atoms with van der Waals surface area (Å²) < 4.78 is 1.09. The summed E-state index contributed by atoms with van der Waals surface area (Å²) in [6.45, 7) is 4.80. The van der Waals surface area contributed by atoms with Crippen molar-refractivity contribution in [3.63, 3.8) is 0 Å². The van der Waals surface area contributed by atoms with E-state index in [1.165, 1.54) is 5.56 Å². The van der Waals surface area contributed by atoms with Gasteiger partial charge in [-0.15, -0.1) is 0 Å². The van der Waals surface area contributed by atoms with Crippen molar-refractivity contribution in [3.8, 4) is 0 Å². The number of benzene rings is 1. The quantitative estimate of drug-likeness (QED) is 0.847. The van der Waals surface area contributed by atoms with Gasteiger partial charge in [-0.2, -0.15) is 0 Å². The van der Waals surface area contributed by atoms with Crippen molar-refractivity contribution in [2.75, 3.05) is 25.5 Å². The third-order valence-corrected chi connectivity index (χ3v) is 3.83. The number of hydrogen-bond donors (Lipinski definition) is 2. The van der Waals surface area contributed by atoms with Crippen LogP contribution in [0.2, 0.25) is 0 Å². The molecule has 0 aliphatic carbocycles. The highest BCUT2D eigenvalue weighted by Gasteiger charge is 2.10. The van der Waals surface area contributed by atoms with Gasteiger partial charge in [-0.3, -0.25) is 0 Å². The van der Waals surface area contributed by atoms with Crippen molar-refractivity contribution < 1.29 is 5.11 Å². The summed E-state index contributed by atoms with van der Waals surface area (Å²) in [5.74, 6) is 0. The maximum atomic E-state index is 9.32. The van der Waals surface area contributed by atoms with Gasteiger partial charge in [0.2, 0.25) is 0 Å². The zero-order chi connectivity index (χ0) is 13.7. The molecule has 0 aliphatic heterocycles. The molecular weight excluding hydrogens is 292 g/mol. The molecule has 2 atom stereocenters. The van der Waals surface area contributed by atoms with Gasteiger partial charge in [0.1, 0.15) is 0 Å². The van der Waals surface area contributed by atoms with Crippen LogP contribution >= 0.6 is 15.9 Å². The van der Waals surface area contributed by atoms with Crippen LogP contribution in [0.5, 0.6) is 0 Å². The van der Waals surface area contributed by atoms with Crippen LogP contribution in [-0.2, 0) is 0 Å². The molecule has 2 unspecified atom stereocenters. The lowest BCUT2D eigenvalue weighted by Crippen LogP contribution is -2.22. The number of aliphatic hydroxyl groups excluding tert-OH is 1. The van der Waals surface area contributed by atoms with Crippen LogP contribution in [0.1, 0.15) is 31.9 Å². The Kier molecular flexibility index (Phi) is 6.12. The fraction of sp³-hybridized carbons (Fsp3) is 0.571. The molecule has 102 valence electrons. The molecule has 0 radical (unpaired) electrons. The number of anilines is 1. The van der Waals surface area contributed by atoms with Crippen LogP contribution in [0, 0.1) is 0 Å². The lowest BCUT2D eigenvalue weighted by molar-refractivity contribution is 0.187. The smallest absolute Gasteiger partial charge is 0.0528 e. The van der Waals surface area contributed by atoms with Crippen molar-refractivity contribution in [1.82, 2.24) is 5.32 Å². The molecule has 1 rings (SSSR count). The van der Waals surface area contributed by atoms with Gasteiger partial charge in [-0.05, 0) is 60.9 Å².